The summed E-state index contributed by atoms with van der Waals surface area (Å²) in [4.78, 5) is 10.1. The van der Waals surface area contributed by atoms with E-state index in [4.69, 9.17) is 9.97 Å². The second kappa shape index (κ2) is 10.8. The second-order valence-corrected chi connectivity index (χ2v) is 11.7. The fraction of sp³-hybridized carbons (Fsp3) is 0. The number of nitrogens with zero attached hydrogens (tertiary/aromatic N) is 4. The molecule has 0 atom stereocenters. The van der Waals surface area contributed by atoms with Crippen LogP contribution in [0.15, 0.2) is 158 Å². The summed E-state index contributed by atoms with van der Waals surface area (Å²) < 4.78 is 2.25. The Morgan fingerprint density at radius 2 is 1.11 bits per heavy atom. The van der Waals surface area contributed by atoms with Gasteiger partial charge in [-0.05, 0) is 64.4 Å². The van der Waals surface area contributed by atoms with E-state index in [2.05, 4.69) is 114 Å². The van der Waals surface area contributed by atoms with Gasteiger partial charge in [0.1, 0.15) is 6.07 Å². The molecule has 4 nitrogen and oxygen atoms in total. The highest BCUT2D eigenvalue weighted by Gasteiger charge is 2.20. The lowest BCUT2D eigenvalue weighted by molar-refractivity contribution is 1.17. The lowest BCUT2D eigenvalue weighted by Gasteiger charge is -2.14. The molecule has 4 heteroatoms. The molecule has 0 N–H and O–H groups in total. The average molecular weight is 599 g/mol. The number of hydrogen-bond acceptors (Lipinski definition) is 3. The third kappa shape index (κ3) is 4.37. The second-order valence-electron chi connectivity index (χ2n) is 11.7. The van der Waals surface area contributed by atoms with Crippen molar-refractivity contribution in [3.63, 3.8) is 0 Å². The summed E-state index contributed by atoms with van der Waals surface area (Å²) in [5, 5.41) is 15.3. The highest BCUT2D eigenvalue weighted by Crippen LogP contribution is 2.41. The number of para-hydroxylation sites is 2. The largest absolute Gasteiger partial charge is 0.308 e. The minimum absolute atomic E-state index is 0.563. The van der Waals surface area contributed by atoms with Crippen LogP contribution in [0, 0.1) is 11.3 Å². The van der Waals surface area contributed by atoms with Crippen molar-refractivity contribution < 1.29 is 0 Å². The molecule has 0 aliphatic carbocycles. The fourth-order valence-corrected chi connectivity index (χ4v) is 6.84. The minimum atomic E-state index is 0.563. The zero-order valence-corrected chi connectivity index (χ0v) is 25.3. The van der Waals surface area contributed by atoms with Crippen LogP contribution in [0.5, 0.6) is 0 Å². The molecule has 2 aromatic heterocycles. The summed E-state index contributed by atoms with van der Waals surface area (Å²) in [5.41, 5.74) is 10.8. The summed E-state index contributed by atoms with van der Waals surface area (Å²) in [7, 11) is 0. The molecule has 218 valence electrons. The van der Waals surface area contributed by atoms with E-state index < -0.39 is 0 Å². The van der Waals surface area contributed by atoms with E-state index in [9.17, 15) is 5.26 Å². The minimum Gasteiger partial charge on any atom is -0.308 e. The van der Waals surface area contributed by atoms with Crippen molar-refractivity contribution in [2.45, 2.75) is 0 Å². The molecule has 7 aromatic carbocycles. The van der Waals surface area contributed by atoms with E-state index in [1.165, 1.54) is 10.8 Å². The molecule has 47 heavy (non-hydrogen) atoms. The fourth-order valence-electron chi connectivity index (χ4n) is 6.84. The Balaban J connectivity index is 1.32. The molecule has 0 spiro atoms. The third-order valence-electron chi connectivity index (χ3n) is 8.99. The van der Waals surface area contributed by atoms with Gasteiger partial charge in [0.25, 0.3) is 0 Å². The van der Waals surface area contributed by atoms with Crippen molar-refractivity contribution >= 4 is 43.6 Å². The molecule has 0 bridgehead atoms. The first-order valence-electron chi connectivity index (χ1n) is 15.7. The topological polar surface area (TPSA) is 54.5 Å². The van der Waals surface area contributed by atoms with E-state index in [1.807, 2.05) is 54.6 Å². The predicted molar refractivity (Wildman–Crippen MR) is 192 cm³/mol. The maximum absolute atomic E-state index is 10.7. The van der Waals surface area contributed by atoms with Crippen molar-refractivity contribution in [3.8, 4) is 45.4 Å². The Morgan fingerprint density at radius 3 is 1.81 bits per heavy atom. The molecule has 0 aliphatic heterocycles. The lowest BCUT2D eigenvalue weighted by atomic mass is 9.98. The van der Waals surface area contributed by atoms with Gasteiger partial charge in [-0.15, -0.1) is 0 Å². The predicted octanol–water partition coefficient (Wildman–Crippen LogP) is 10.8. The van der Waals surface area contributed by atoms with Crippen LogP contribution in [0.1, 0.15) is 5.56 Å². The first-order chi connectivity index (χ1) is 23.3. The quantitative estimate of drug-likeness (QED) is 0.202. The zero-order valence-electron chi connectivity index (χ0n) is 25.3. The van der Waals surface area contributed by atoms with Gasteiger partial charge in [0.2, 0.25) is 0 Å². The Labute approximate surface area is 271 Å². The van der Waals surface area contributed by atoms with Crippen LogP contribution in [0.2, 0.25) is 0 Å². The molecule has 0 radical (unpaired) electrons. The average Bonchev–Trinajstić information content (AvgIpc) is 3.46. The molecular formula is C43H26N4. The molecule has 9 aromatic rings. The maximum Gasteiger partial charge on any atom is 0.101 e. The van der Waals surface area contributed by atoms with Crippen molar-refractivity contribution in [3.05, 3.63) is 163 Å². The zero-order chi connectivity index (χ0) is 31.3. The number of rotatable bonds is 4. The van der Waals surface area contributed by atoms with Crippen LogP contribution >= 0.6 is 0 Å². The van der Waals surface area contributed by atoms with E-state index in [0.29, 0.717) is 5.56 Å². The summed E-state index contributed by atoms with van der Waals surface area (Å²) in [6.45, 7) is 0. The summed E-state index contributed by atoms with van der Waals surface area (Å²) >= 11 is 0. The molecule has 0 fully saturated rings. The summed E-state index contributed by atoms with van der Waals surface area (Å²) in [5.74, 6) is 0. The molecule has 9 rings (SSSR count). The highest BCUT2D eigenvalue weighted by molar-refractivity contribution is 6.18. The van der Waals surface area contributed by atoms with Gasteiger partial charge < -0.3 is 4.57 Å². The smallest absolute Gasteiger partial charge is 0.101 e. The van der Waals surface area contributed by atoms with Gasteiger partial charge in [-0.1, -0.05) is 115 Å². The number of hydrogen-bond donors (Lipinski definition) is 0. The number of nitriles is 1. The van der Waals surface area contributed by atoms with E-state index in [0.717, 1.165) is 72.2 Å². The third-order valence-corrected chi connectivity index (χ3v) is 8.99. The molecule has 0 aliphatic rings. The summed E-state index contributed by atoms with van der Waals surface area (Å²) in [6, 6.07) is 56.6. The molecular weight excluding hydrogens is 573 g/mol. The lowest BCUT2D eigenvalue weighted by Crippen LogP contribution is -2.00. The van der Waals surface area contributed by atoms with Gasteiger partial charge in [-0.25, -0.2) is 9.97 Å². The number of benzene rings is 7. The van der Waals surface area contributed by atoms with Crippen molar-refractivity contribution in [1.29, 1.82) is 5.26 Å². The number of fused-ring (bicyclic) bond motifs is 5. The SMILES string of the molecule is N#Cc1cc(-c2nc3ccccc3nc2-c2ccccc2)ccc1-n1c2cc3ccccc3cc2c2c(-c3ccccc3)cccc21. The molecule has 2 heterocycles. The van der Waals surface area contributed by atoms with E-state index in [-0.39, 0.29) is 0 Å². The monoisotopic (exact) mass is 598 g/mol. The van der Waals surface area contributed by atoms with Crippen LogP contribution in [0.3, 0.4) is 0 Å². The van der Waals surface area contributed by atoms with Crippen molar-refractivity contribution in [2.75, 3.05) is 0 Å². The van der Waals surface area contributed by atoms with Gasteiger partial charge >= 0.3 is 0 Å². The Hall–Kier alpha value is -6.57. The van der Waals surface area contributed by atoms with Crippen LogP contribution < -0.4 is 0 Å². The van der Waals surface area contributed by atoms with Gasteiger partial charge in [0.15, 0.2) is 0 Å². The van der Waals surface area contributed by atoms with Crippen molar-refractivity contribution in [1.82, 2.24) is 14.5 Å². The molecule has 0 saturated heterocycles. The van der Waals surface area contributed by atoms with Crippen LogP contribution in [0.4, 0.5) is 0 Å². The van der Waals surface area contributed by atoms with Gasteiger partial charge in [-0.2, -0.15) is 5.26 Å². The van der Waals surface area contributed by atoms with Crippen LogP contribution in [-0.2, 0) is 0 Å². The Bertz CT molecular complexity index is 2680. The first-order valence-corrected chi connectivity index (χ1v) is 15.7. The molecule has 0 saturated carbocycles. The van der Waals surface area contributed by atoms with Crippen LogP contribution in [-0.4, -0.2) is 14.5 Å². The highest BCUT2D eigenvalue weighted by atomic mass is 15.0. The molecule has 0 amide bonds. The maximum atomic E-state index is 10.7. The Morgan fingerprint density at radius 1 is 0.489 bits per heavy atom. The van der Waals surface area contributed by atoms with Gasteiger partial charge in [-0.3, -0.25) is 0 Å². The normalized spacial score (nSPS) is 11.4. The van der Waals surface area contributed by atoms with Crippen LogP contribution in [0.25, 0.3) is 82.9 Å². The standard InChI is InChI=1S/C43H26N4/c44-27-33-24-32(43-42(29-14-5-2-6-15-29)45-36-19-9-10-20-37(36)46-43)22-23-38(33)47-39-21-11-18-34(28-12-3-1-4-13-28)41(39)35-25-30-16-7-8-17-31(30)26-40(35)47/h1-26H. The van der Waals surface area contributed by atoms with Crippen molar-refractivity contribution in [2.24, 2.45) is 0 Å². The van der Waals surface area contributed by atoms with E-state index >= 15 is 0 Å². The van der Waals surface area contributed by atoms with E-state index in [1.54, 1.807) is 0 Å². The number of aromatic nitrogens is 3. The molecule has 0 unspecified atom stereocenters. The summed E-state index contributed by atoms with van der Waals surface area (Å²) in [6.07, 6.45) is 0. The van der Waals surface area contributed by atoms with Gasteiger partial charge in [0.05, 0.1) is 44.7 Å². The van der Waals surface area contributed by atoms with Gasteiger partial charge in [0, 0.05) is 21.9 Å². The first kappa shape index (κ1) is 26.8. The Kier molecular flexibility index (Phi) is 6.16.